The van der Waals surface area contributed by atoms with E-state index in [4.69, 9.17) is 27.9 Å². The number of ether oxygens (including phenoxy) is 1. The van der Waals surface area contributed by atoms with Gasteiger partial charge in [-0.25, -0.2) is 0 Å². The van der Waals surface area contributed by atoms with E-state index in [2.05, 4.69) is 18.7 Å². The molecule has 0 aliphatic carbocycles. The molecule has 25 heavy (non-hydrogen) atoms. The third kappa shape index (κ3) is 4.36. The van der Waals surface area contributed by atoms with Crippen molar-refractivity contribution in [2.75, 3.05) is 19.6 Å². The summed E-state index contributed by atoms with van der Waals surface area (Å²) in [6.07, 6.45) is 0.284. The topological polar surface area (TPSA) is 32.7 Å². The van der Waals surface area contributed by atoms with Gasteiger partial charge in [-0.15, -0.1) is 0 Å². The summed E-state index contributed by atoms with van der Waals surface area (Å²) >= 11 is 12.1. The standard InChI is InChI=1S/C20H23Cl2NO2/c1-14-11-23(12-15(2)25-14)13-20(24,16-3-7-18(21)8-4-16)17-5-9-19(22)10-6-17/h3-10,14-15,24H,11-13H2,1-2H3/t14-,15-/m1/s1. The largest absolute Gasteiger partial charge is 0.379 e. The number of aliphatic hydroxyl groups is 1. The molecule has 0 spiro atoms. The van der Waals surface area contributed by atoms with Crippen LogP contribution in [0, 0.1) is 0 Å². The molecular formula is C20H23Cl2NO2. The van der Waals surface area contributed by atoms with Crippen LogP contribution in [-0.2, 0) is 10.3 Å². The molecule has 3 nitrogen and oxygen atoms in total. The summed E-state index contributed by atoms with van der Waals surface area (Å²) in [5.41, 5.74) is 0.475. The highest BCUT2D eigenvalue weighted by molar-refractivity contribution is 6.30. The molecule has 0 unspecified atom stereocenters. The van der Waals surface area contributed by atoms with E-state index in [0.29, 0.717) is 16.6 Å². The summed E-state index contributed by atoms with van der Waals surface area (Å²) in [7, 11) is 0. The zero-order chi connectivity index (χ0) is 18.0. The minimum Gasteiger partial charge on any atom is -0.379 e. The molecule has 1 aliphatic heterocycles. The molecule has 0 saturated carbocycles. The predicted molar refractivity (Wildman–Crippen MR) is 102 cm³/mol. The highest BCUT2D eigenvalue weighted by atomic mass is 35.5. The van der Waals surface area contributed by atoms with Gasteiger partial charge in [-0.2, -0.15) is 0 Å². The predicted octanol–water partition coefficient (Wildman–Crippen LogP) is 4.34. The second-order valence-corrected chi connectivity index (χ2v) is 7.70. The van der Waals surface area contributed by atoms with Crippen LogP contribution in [-0.4, -0.2) is 41.8 Å². The zero-order valence-corrected chi connectivity index (χ0v) is 16.0. The van der Waals surface area contributed by atoms with Gasteiger partial charge in [0.25, 0.3) is 0 Å². The number of hydrogen-bond donors (Lipinski definition) is 1. The molecule has 0 amide bonds. The van der Waals surface area contributed by atoms with Crippen LogP contribution in [0.4, 0.5) is 0 Å². The van der Waals surface area contributed by atoms with Crippen LogP contribution < -0.4 is 0 Å². The second-order valence-electron chi connectivity index (χ2n) is 6.83. The Bertz CT molecular complexity index is 647. The van der Waals surface area contributed by atoms with Crippen LogP contribution in [0.3, 0.4) is 0 Å². The average molecular weight is 380 g/mol. The molecule has 1 N–H and O–H groups in total. The quantitative estimate of drug-likeness (QED) is 0.857. The van der Waals surface area contributed by atoms with Crippen molar-refractivity contribution >= 4 is 23.2 Å². The first kappa shape index (κ1) is 18.7. The molecule has 1 saturated heterocycles. The molecule has 0 bridgehead atoms. The number of rotatable bonds is 4. The smallest absolute Gasteiger partial charge is 0.127 e. The molecule has 2 aromatic carbocycles. The van der Waals surface area contributed by atoms with E-state index >= 15 is 0 Å². The van der Waals surface area contributed by atoms with Crippen molar-refractivity contribution in [3.05, 3.63) is 69.7 Å². The number of benzene rings is 2. The lowest BCUT2D eigenvalue weighted by Crippen LogP contribution is -2.51. The van der Waals surface area contributed by atoms with Gasteiger partial charge in [0.05, 0.1) is 12.2 Å². The fourth-order valence-electron chi connectivity index (χ4n) is 3.54. The van der Waals surface area contributed by atoms with E-state index in [-0.39, 0.29) is 12.2 Å². The molecule has 2 aromatic rings. The average Bonchev–Trinajstić information content (AvgIpc) is 2.55. The van der Waals surface area contributed by atoms with Crippen LogP contribution in [0.25, 0.3) is 0 Å². The fraction of sp³-hybridized carbons (Fsp3) is 0.400. The van der Waals surface area contributed by atoms with Gasteiger partial charge in [0.15, 0.2) is 0 Å². The molecule has 1 heterocycles. The van der Waals surface area contributed by atoms with Crippen LogP contribution in [0.15, 0.2) is 48.5 Å². The Labute approximate surface area is 159 Å². The first-order valence-corrected chi connectivity index (χ1v) is 9.25. The van der Waals surface area contributed by atoms with E-state index in [9.17, 15) is 5.11 Å². The fourth-order valence-corrected chi connectivity index (χ4v) is 3.79. The molecule has 2 atom stereocenters. The maximum absolute atomic E-state index is 11.7. The van der Waals surface area contributed by atoms with Gasteiger partial charge in [-0.1, -0.05) is 47.5 Å². The van der Waals surface area contributed by atoms with Gasteiger partial charge in [-0.3, -0.25) is 4.90 Å². The molecular weight excluding hydrogens is 357 g/mol. The maximum atomic E-state index is 11.7. The first-order valence-electron chi connectivity index (χ1n) is 8.49. The SMILES string of the molecule is C[C@@H]1CN(CC(O)(c2ccc(Cl)cc2)c2ccc(Cl)cc2)C[C@@H](C)O1. The van der Waals surface area contributed by atoms with Gasteiger partial charge in [0, 0.05) is 29.7 Å². The van der Waals surface area contributed by atoms with Gasteiger partial charge in [-0.05, 0) is 49.2 Å². The summed E-state index contributed by atoms with van der Waals surface area (Å²) in [5, 5.41) is 13.0. The Morgan fingerprint density at radius 1 is 0.920 bits per heavy atom. The number of β-amino-alcohol motifs (C(OH)–C–C–N with tert-alkyl or cyclic N) is 1. The van der Waals surface area contributed by atoms with Gasteiger partial charge < -0.3 is 9.84 Å². The zero-order valence-electron chi connectivity index (χ0n) is 14.5. The third-order valence-electron chi connectivity index (χ3n) is 4.59. The third-order valence-corrected chi connectivity index (χ3v) is 5.10. The molecule has 5 heteroatoms. The van der Waals surface area contributed by atoms with Gasteiger partial charge >= 0.3 is 0 Å². The number of halogens is 2. The number of morpholine rings is 1. The minimum absolute atomic E-state index is 0.142. The molecule has 3 rings (SSSR count). The second kappa shape index (κ2) is 7.65. The van der Waals surface area contributed by atoms with Crippen LogP contribution in [0.5, 0.6) is 0 Å². The molecule has 0 aromatic heterocycles. The van der Waals surface area contributed by atoms with Gasteiger partial charge in [0.2, 0.25) is 0 Å². The van der Waals surface area contributed by atoms with Crippen molar-refractivity contribution in [2.24, 2.45) is 0 Å². The van der Waals surface area contributed by atoms with Crippen LogP contribution >= 0.6 is 23.2 Å². The summed E-state index contributed by atoms with van der Waals surface area (Å²) in [5.74, 6) is 0. The summed E-state index contributed by atoms with van der Waals surface area (Å²) in [6.45, 7) is 6.18. The van der Waals surface area contributed by atoms with Gasteiger partial charge in [0.1, 0.15) is 5.60 Å². The Hall–Kier alpha value is -1.10. The Morgan fingerprint density at radius 2 is 1.32 bits per heavy atom. The lowest BCUT2D eigenvalue weighted by atomic mass is 9.85. The highest BCUT2D eigenvalue weighted by Gasteiger charge is 2.36. The summed E-state index contributed by atoms with van der Waals surface area (Å²) in [6, 6.07) is 14.7. The highest BCUT2D eigenvalue weighted by Crippen LogP contribution is 2.33. The normalized spacial score (nSPS) is 22.1. The summed E-state index contributed by atoms with van der Waals surface area (Å²) < 4.78 is 5.82. The lowest BCUT2D eigenvalue weighted by molar-refractivity contribution is -0.0865. The van der Waals surface area contributed by atoms with Crippen LogP contribution in [0.2, 0.25) is 10.0 Å². The molecule has 1 fully saturated rings. The molecule has 1 aliphatic rings. The van der Waals surface area contributed by atoms with Crippen molar-refractivity contribution in [3.63, 3.8) is 0 Å². The van der Waals surface area contributed by atoms with Crippen molar-refractivity contribution in [3.8, 4) is 0 Å². The first-order chi connectivity index (χ1) is 11.9. The lowest BCUT2D eigenvalue weighted by Gasteiger charge is -2.40. The van der Waals surface area contributed by atoms with E-state index in [1.54, 1.807) is 0 Å². The summed E-state index contributed by atoms with van der Waals surface area (Å²) in [4.78, 5) is 2.25. The Balaban J connectivity index is 1.96. The van der Waals surface area contributed by atoms with Crippen molar-refractivity contribution in [2.45, 2.75) is 31.7 Å². The van der Waals surface area contributed by atoms with Crippen molar-refractivity contribution < 1.29 is 9.84 Å². The van der Waals surface area contributed by atoms with E-state index in [1.165, 1.54) is 0 Å². The number of nitrogens with zero attached hydrogens (tertiary/aromatic N) is 1. The number of hydrogen-bond acceptors (Lipinski definition) is 3. The van der Waals surface area contributed by atoms with E-state index < -0.39 is 5.60 Å². The van der Waals surface area contributed by atoms with Crippen molar-refractivity contribution in [1.82, 2.24) is 4.90 Å². The van der Waals surface area contributed by atoms with Crippen LogP contribution in [0.1, 0.15) is 25.0 Å². The van der Waals surface area contributed by atoms with E-state index in [1.807, 2.05) is 48.5 Å². The van der Waals surface area contributed by atoms with Crippen molar-refractivity contribution in [1.29, 1.82) is 0 Å². The minimum atomic E-state index is -1.15. The molecule has 0 radical (unpaired) electrons. The Morgan fingerprint density at radius 3 is 1.72 bits per heavy atom. The Kier molecular flexibility index (Phi) is 5.71. The maximum Gasteiger partial charge on any atom is 0.127 e. The molecule has 134 valence electrons. The van der Waals surface area contributed by atoms with E-state index in [0.717, 1.165) is 24.2 Å². The monoisotopic (exact) mass is 379 g/mol.